The third-order valence-corrected chi connectivity index (χ3v) is 1.49. The van der Waals surface area contributed by atoms with Gasteiger partial charge in [0.25, 0.3) is 15.0 Å². The molecule has 1 unspecified atom stereocenters. The maximum absolute atomic E-state index is 11.3. The third kappa shape index (κ3) is 2.78. The minimum atomic E-state index is -4.14. The van der Waals surface area contributed by atoms with Crippen molar-refractivity contribution in [2.24, 2.45) is 5.14 Å². The average Bonchev–Trinajstić information content (AvgIpc) is 1.31. The Morgan fingerprint density at radius 3 is 1.86 bits per heavy atom. The van der Waals surface area contributed by atoms with Gasteiger partial charge in [-0.15, -0.1) is 0 Å². The van der Waals surface area contributed by atoms with Crippen molar-refractivity contribution < 1.29 is 12.8 Å². The van der Waals surface area contributed by atoms with Crippen molar-refractivity contribution in [2.45, 2.75) is 4.96 Å². The van der Waals surface area contributed by atoms with Crippen molar-refractivity contribution in [1.82, 2.24) is 0 Å². The first-order chi connectivity index (χ1) is 2.94. The zero-order valence-corrected chi connectivity index (χ0v) is 4.71. The maximum Gasteiger partial charge on any atom is 0.287 e. The Morgan fingerprint density at radius 1 is 1.71 bits per heavy atom. The van der Waals surface area contributed by atoms with E-state index in [1.165, 1.54) is 0 Å². The average molecular weight is 148 g/mol. The molecule has 0 aliphatic rings. The first-order valence-corrected chi connectivity index (χ1v) is 3.29. The predicted octanol–water partition coefficient (Wildman–Crippen LogP) is -0.233. The third-order valence-electron chi connectivity index (χ3n) is 0.248. The molecule has 2 N–H and O–H groups in total. The number of primary sulfonamides is 1. The molecular weight excluding hydrogens is 145 g/mol. The molecule has 0 rings (SSSR count). The second-order valence-electron chi connectivity index (χ2n) is 0.850. The zero-order valence-electron chi connectivity index (χ0n) is 3.14. The topological polar surface area (TPSA) is 60.2 Å². The SMILES string of the molecule is NS(=O)(=O)C(F)Cl. The highest BCUT2D eigenvalue weighted by atomic mass is 35.5. The lowest BCUT2D eigenvalue weighted by molar-refractivity contribution is 0.505. The van der Waals surface area contributed by atoms with Crippen LogP contribution in [0.4, 0.5) is 4.39 Å². The molecule has 0 spiro atoms. The predicted molar refractivity (Wildman–Crippen MR) is 23.9 cm³/mol. The summed E-state index contributed by atoms with van der Waals surface area (Å²) >= 11 is 4.37. The van der Waals surface area contributed by atoms with E-state index in [-0.39, 0.29) is 0 Å². The van der Waals surface area contributed by atoms with E-state index in [1.807, 2.05) is 0 Å². The lowest BCUT2D eigenvalue weighted by Crippen LogP contribution is -2.19. The Hall–Kier alpha value is 0.130. The highest BCUT2D eigenvalue weighted by molar-refractivity contribution is 7.90. The van der Waals surface area contributed by atoms with Crippen molar-refractivity contribution in [3.63, 3.8) is 0 Å². The largest absolute Gasteiger partial charge is 0.287 e. The summed E-state index contributed by atoms with van der Waals surface area (Å²) in [6, 6.07) is 0. The Labute approximate surface area is 45.3 Å². The number of alkyl halides is 2. The van der Waals surface area contributed by atoms with E-state index in [4.69, 9.17) is 0 Å². The fourth-order valence-corrected chi connectivity index (χ4v) is 0. The van der Waals surface area contributed by atoms with Gasteiger partial charge in [-0.25, -0.2) is 17.9 Å². The van der Waals surface area contributed by atoms with Gasteiger partial charge in [0, 0.05) is 0 Å². The number of hydrogen-bond donors (Lipinski definition) is 1. The van der Waals surface area contributed by atoms with E-state index < -0.39 is 15.0 Å². The molecule has 3 nitrogen and oxygen atoms in total. The summed E-state index contributed by atoms with van der Waals surface area (Å²) in [5, 5.41) is 4.14. The molecule has 6 heteroatoms. The molecule has 44 valence electrons. The number of nitrogens with two attached hydrogens (primary N) is 1. The summed E-state index contributed by atoms with van der Waals surface area (Å²) in [6.45, 7) is 0. The maximum atomic E-state index is 11.3. The van der Waals surface area contributed by atoms with Crippen LogP contribution in [0.2, 0.25) is 0 Å². The lowest BCUT2D eigenvalue weighted by atomic mass is 11.8. The van der Waals surface area contributed by atoms with Crippen LogP contribution in [0.15, 0.2) is 0 Å². The van der Waals surface area contributed by atoms with Gasteiger partial charge in [0.1, 0.15) is 0 Å². The minimum Gasteiger partial charge on any atom is -0.225 e. The summed E-state index contributed by atoms with van der Waals surface area (Å²) < 4.78 is 30.5. The molecule has 0 aliphatic heterocycles. The quantitative estimate of drug-likeness (QED) is 0.521. The van der Waals surface area contributed by atoms with Crippen molar-refractivity contribution in [3.05, 3.63) is 0 Å². The van der Waals surface area contributed by atoms with Crippen LogP contribution in [0, 0.1) is 0 Å². The van der Waals surface area contributed by atoms with Gasteiger partial charge in [0.05, 0.1) is 0 Å². The van der Waals surface area contributed by atoms with Crippen molar-refractivity contribution in [1.29, 1.82) is 0 Å². The molecule has 0 heterocycles. The normalized spacial score (nSPS) is 16.4. The van der Waals surface area contributed by atoms with Gasteiger partial charge < -0.3 is 0 Å². The Bertz CT molecular complexity index is 140. The number of rotatable bonds is 1. The molecule has 0 radical (unpaired) electrons. The van der Waals surface area contributed by atoms with E-state index in [0.717, 1.165) is 0 Å². The minimum absolute atomic E-state index is 2.48. The number of sulfonamides is 1. The molecule has 7 heavy (non-hydrogen) atoms. The fourth-order valence-electron chi connectivity index (χ4n) is 0. The summed E-state index contributed by atoms with van der Waals surface area (Å²) in [6.07, 6.45) is 0. The van der Waals surface area contributed by atoms with Crippen LogP contribution in [-0.2, 0) is 10.0 Å². The summed E-state index contributed by atoms with van der Waals surface area (Å²) in [5.41, 5.74) is 0. The molecule has 0 aromatic carbocycles. The monoisotopic (exact) mass is 147 g/mol. The van der Waals surface area contributed by atoms with Gasteiger partial charge in [0.2, 0.25) is 0 Å². The molecule has 0 saturated carbocycles. The van der Waals surface area contributed by atoms with E-state index in [2.05, 4.69) is 16.7 Å². The molecule has 0 saturated heterocycles. The van der Waals surface area contributed by atoms with Crippen LogP contribution in [0.5, 0.6) is 0 Å². The molecular formula is CH3ClFNO2S. The molecule has 0 aromatic rings. The molecule has 0 fully saturated rings. The van der Waals surface area contributed by atoms with Crippen LogP contribution in [0.1, 0.15) is 0 Å². The molecule has 0 amide bonds. The standard InChI is InChI=1S/CH3ClFNO2S/c2-1(3)7(4,5)6/h1H,(H2,4,5,6). The van der Waals surface area contributed by atoms with Gasteiger partial charge in [0.15, 0.2) is 0 Å². The highest BCUT2D eigenvalue weighted by Crippen LogP contribution is 2.00. The van der Waals surface area contributed by atoms with Crippen LogP contribution in [-0.4, -0.2) is 13.4 Å². The lowest BCUT2D eigenvalue weighted by Gasteiger charge is -1.89. The molecule has 1 atom stereocenters. The van der Waals surface area contributed by atoms with Crippen LogP contribution in [0.3, 0.4) is 0 Å². The molecule has 0 bridgehead atoms. The van der Waals surface area contributed by atoms with E-state index in [9.17, 15) is 12.8 Å². The van der Waals surface area contributed by atoms with Crippen molar-refractivity contribution in [3.8, 4) is 0 Å². The van der Waals surface area contributed by atoms with Crippen LogP contribution >= 0.6 is 11.6 Å². The van der Waals surface area contributed by atoms with Gasteiger partial charge in [-0.3, -0.25) is 0 Å². The van der Waals surface area contributed by atoms with E-state index >= 15 is 0 Å². The van der Waals surface area contributed by atoms with Gasteiger partial charge in [-0.05, 0) is 0 Å². The molecule has 0 aliphatic carbocycles. The second-order valence-corrected chi connectivity index (χ2v) is 3.08. The van der Waals surface area contributed by atoms with Crippen LogP contribution < -0.4 is 5.14 Å². The van der Waals surface area contributed by atoms with Crippen LogP contribution in [0.25, 0.3) is 0 Å². The van der Waals surface area contributed by atoms with E-state index in [0.29, 0.717) is 0 Å². The second kappa shape index (κ2) is 1.94. The first-order valence-electron chi connectivity index (χ1n) is 1.24. The Kier molecular flexibility index (Phi) is 1.97. The van der Waals surface area contributed by atoms with Gasteiger partial charge in [-0.2, -0.15) is 0 Å². The smallest absolute Gasteiger partial charge is 0.225 e. The number of halogens is 2. The van der Waals surface area contributed by atoms with E-state index in [1.54, 1.807) is 0 Å². The fraction of sp³-hybridized carbons (Fsp3) is 1.00. The summed E-state index contributed by atoms with van der Waals surface area (Å²) in [7, 11) is -4.14. The first kappa shape index (κ1) is 7.13. The molecule has 0 aromatic heterocycles. The van der Waals surface area contributed by atoms with Gasteiger partial charge >= 0.3 is 0 Å². The zero-order chi connectivity index (χ0) is 6.08. The summed E-state index contributed by atoms with van der Waals surface area (Å²) in [5.74, 6) is 0. The highest BCUT2D eigenvalue weighted by Gasteiger charge is 2.14. The van der Waals surface area contributed by atoms with Gasteiger partial charge in [-0.1, -0.05) is 11.6 Å². The van der Waals surface area contributed by atoms with Crippen molar-refractivity contribution >= 4 is 21.6 Å². The summed E-state index contributed by atoms with van der Waals surface area (Å²) in [4.78, 5) is -2.48. The number of hydrogen-bond acceptors (Lipinski definition) is 2. The Balaban J connectivity index is 4.10. The Morgan fingerprint density at radius 2 is 1.86 bits per heavy atom. The van der Waals surface area contributed by atoms with Crippen molar-refractivity contribution in [2.75, 3.05) is 0 Å².